The Morgan fingerprint density at radius 2 is 2.44 bits per heavy atom. The summed E-state index contributed by atoms with van der Waals surface area (Å²) in [6.07, 6.45) is 1.13. The molecule has 44 valence electrons. The van der Waals surface area contributed by atoms with E-state index in [2.05, 4.69) is 4.99 Å². The lowest BCUT2D eigenvalue weighted by Crippen LogP contribution is -2.02. The number of hydrogen-bond donors (Lipinski definition) is 1. The van der Waals surface area contributed by atoms with Gasteiger partial charge in [0.05, 0.1) is 5.57 Å². The third-order valence-corrected chi connectivity index (χ3v) is 0.804. The van der Waals surface area contributed by atoms with E-state index in [1.165, 1.54) is 7.05 Å². The van der Waals surface area contributed by atoms with Crippen LogP contribution in [-0.2, 0) is 0 Å². The van der Waals surface area contributed by atoms with Crippen LogP contribution >= 0.6 is 0 Å². The van der Waals surface area contributed by atoms with Crippen LogP contribution in [0.15, 0.2) is 16.8 Å². The lowest BCUT2D eigenvalue weighted by atomic mass is 9.94. The highest BCUT2D eigenvalue weighted by Gasteiger charge is 1.94. The smallest absolute Gasteiger partial charge is 0.143 e. The molecular weight excluding hydrogens is 113 g/mol. The fourth-order valence-corrected chi connectivity index (χ4v) is 0.300. The van der Waals surface area contributed by atoms with E-state index >= 15 is 0 Å². The summed E-state index contributed by atoms with van der Waals surface area (Å²) in [7, 11) is 6.71. The van der Waals surface area contributed by atoms with E-state index in [1.807, 2.05) is 0 Å². The monoisotopic (exact) mass is 119 g/mol. The first-order chi connectivity index (χ1) is 4.26. The molecule has 0 saturated heterocycles. The summed E-state index contributed by atoms with van der Waals surface area (Å²) in [4.78, 5) is 3.55. The molecular formula is C5H6BN3. The molecule has 0 aromatic heterocycles. The van der Waals surface area contributed by atoms with E-state index in [0.29, 0.717) is 0 Å². The van der Waals surface area contributed by atoms with Crippen LogP contribution in [0.25, 0.3) is 0 Å². The lowest BCUT2D eigenvalue weighted by molar-refractivity contribution is 1.43. The summed E-state index contributed by atoms with van der Waals surface area (Å²) in [6.45, 7) is 0. The molecule has 0 bridgehead atoms. The van der Waals surface area contributed by atoms with E-state index < -0.39 is 0 Å². The van der Waals surface area contributed by atoms with E-state index in [-0.39, 0.29) is 11.2 Å². The minimum Gasteiger partial charge on any atom is -0.404 e. The minimum absolute atomic E-state index is 0.167. The van der Waals surface area contributed by atoms with Crippen LogP contribution in [0, 0.1) is 11.3 Å². The SMILES string of the molecule is [B]C(=NC)/C(C#N)=C\N. The number of nitrogens with zero attached hydrogens (tertiary/aromatic N) is 2. The number of nitrogens with two attached hydrogens (primary N) is 1. The van der Waals surface area contributed by atoms with Crippen molar-refractivity contribution in [3.05, 3.63) is 11.8 Å². The van der Waals surface area contributed by atoms with Crippen molar-refractivity contribution in [2.75, 3.05) is 7.05 Å². The van der Waals surface area contributed by atoms with Crippen LogP contribution in [-0.4, -0.2) is 20.5 Å². The number of hydrogen-bond acceptors (Lipinski definition) is 3. The molecule has 0 spiro atoms. The number of rotatable bonds is 1. The summed E-state index contributed by atoms with van der Waals surface area (Å²) >= 11 is 0. The van der Waals surface area contributed by atoms with Gasteiger partial charge in [-0.15, -0.1) is 0 Å². The Bertz CT molecular complexity index is 187. The Labute approximate surface area is 55.3 Å². The van der Waals surface area contributed by atoms with Gasteiger partial charge in [-0.1, -0.05) is 0 Å². The minimum atomic E-state index is 0.167. The highest BCUT2D eigenvalue weighted by Crippen LogP contribution is 1.88. The van der Waals surface area contributed by atoms with Crippen LogP contribution < -0.4 is 5.73 Å². The average molecular weight is 119 g/mol. The summed E-state index contributed by atoms with van der Waals surface area (Å²) in [6, 6.07) is 1.78. The number of allylic oxidation sites excluding steroid dienone is 1. The molecule has 0 aliphatic rings. The topological polar surface area (TPSA) is 62.2 Å². The van der Waals surface area contributed by atoms with E-state index in [1.54, 1.807) is 6.07 Å². The Morgan fingerprint density at radius 3 is 2.56 bits per heavy atom. The molecule has 0 atom stereocenters. The van der Waals surface area contributed by atoms with Gasteiger partial charge < -0.3 is 10.7 Å². The first kappa shape index (κ1) is 7.76. The molecule has 0 aliphatic heterocycles. The zero-order valence-corrected chi connectivity index (χ0v) is 5.13. The third kappa shape index (κ3) is 2.00. The van der Waals surface area contributed by atoms with Gasteiger partial charge in [-0.3, -0.25) is 0 Å². The van der Waals surface area contributed by atoms with E-state index in [4.69, 9.17) is 18.8 Å². The second-order valence-corrected chi connectivity index (χ2v) is 1.30. The number of nitriles is 1. The van der Waals surface area contributed by atoms with Gasteiger partial charge in [0.1, 0.15) is 13.9 Å². The molecule has 0 heterocycles. The van der Waals surface area contributed by atoms with Crippen LogP contribution in [0.3, 0.4) is 0 Å². The zero-order valence-electron chi connectivity index (χ0n) is 5.13. The third-order valence-electron chi connectivity index (χ3n) is 0.804. The first-order valence-electron chi connectivity index (χ1n) is 2.31. The predicted octanol–water partition coefficient (Wildman–Crippen LogP) is -0.451. The Balaban J connectivity index is 4.39. The zero-order chi connectivity index (χ0) is 7.28. The molecule has 0 aliphatic carbocycles. The average Bonchev–Trinajstić information content (AvgIpc) is 1.90. The second kappa shape index (κ2) is 3.73. The highest BCUT2D eigenvalue weighted by molar-refractivity contribution is 6.65. The van der Waals surface area contributed by atoms with Crippen LogP contribution in [0.2, 0.25) is 0 Å². The molecule has 0 aromatic rings. The van der Waals surface area contributed by atoms with Gasteiger partial charge in [-0.05, 0) is 0 Å². The molecule has 0 fully saturated rings. The predicted molar refractivity (Wildman–Crippen MR) is 37.0 cm³/mol. The van der Waals surface area contributed by atoms with Gasteiger partial charge in [0.25, 0.3) is 0 Å². The summed E-state index contributed by atoms with van der Waals surface area (Å²) in [5, 5.41) is 8.27. The van der Waals surface area contributed by atoms with Crippen molar-refractivity contribution < 1.29 is 0 Å². The lowest BCUT2D eigenvalue weighted by Gasteiger charge is -1.91. The molecule has 0 unspecified atom stereocenters. The van der Waals surface area contributed by atoms with Crippen LogP contribution in [0.4, 0.5) is 0 Å². The maximum Gasteiger partial charge on any atom is 0.143 e. The van der Waals surface area contributed by atoms with Crippen molar-refractivity contribution in [1.29, 1.82) is 5.26 Å². The Morgan fingerprint density at radius 1 is 1.89 bits per heavy atom. The maximum atomic E-state index is 8.27. The summed E-state index contributed by atoms with van der Waals surface area (Å²) in [5.41, 5.74) is 5.39. The van der Waals surface area contributed by atoms with Gasteiger partial charge in [0, 0.05) is 18.9 Å². The Kier molecular flexibility index (Phi) is 3.22. The first-order valence-corrected chi connectivity index (χ1v) is 2.31. The second-order valence-electron chi connectivity index (χ2n) is 1.30. The standard InChI is InChI=1S/C5H6BN3/c1-9-5(6)4(2-7)3-8/h2H,7H2,1H3/b4-2-,9-5?. The van der Waals surface area contributed by atoms with Crippen molar-refractivity contribution >= 4 is 13.5 Å². The van der Waals surface area contributed by atoms with E-state index in [9.17, 15) is 0 Å². The van der Waals surface area contributed by atoms with Crippen molar-refractivity contribution in [3.63, 3.8) is 0 Å². The van der Waals surface area contributed by atoms with Crippen LogP contribution in [0.1, 0.15) is 0 Å². The number of aliphatic imine (C=N–C) groups is 1. The van der Waals surface area contributed by atoms with Gasteiger partial charge in [-0.2, -0.15) is 5.26 Å². The van der Waals surface area contributed by atoms with Gasteiger partial charge in [0.2, 0.25) is 0 Å². The maximum absolute atomic E-state index is 8.27. The summed E-state index contributed by atoms with van der Waals surface area (Å²) < 4.78 is 0. The Hall–Kier alpha value is -1.24. The molecule has 9 heavy (non-hydrogen) atoms. The van der Waals surface area contributed by atoms with Gasteiger partial charge >= 0.3 is 0 Å². The van der Waals surface area contributed by atoms with Crippen molar-refractivity contribution in [2.24, 2.45) is 10.7 Å². The van der Waals surface area contributed by atoms with Crippen molar-refractivity contribution in [1.82, 2.24) is 0 Å². The van der Waals surface area contributed by atoms with Crippen LogP contribution in [0.5, 0.6) is 0 Å². The molecule has 0 rings (SSSR count). The fraction of sp³-hybridized carbons (Fsp3) is 0.200. The van der Waals surface area contributed by atoms with Crippen molar-refractivity contribution in [3.8, 4) is 6.07 Å². The summed E-state index contributed by atoms with van der Waals surface area (Å²) in [5.74, 6) is 0. The largest absolute Gasteiger partial charge is 0.404 e. The quantitative estimate of drug-likeness (QED) is 0.288. The molecule has 0 amide bonds. The van der Waals surface area contributed by atoms with Gasteiger partial charge in [-0.25, -0.2) is 0 Å². The molecule has 2 radical (unpaired) electrons. The highest BCUT2D eigenvalue weighted by atomic mass is 14.7. The molecule has 4 heteroatoms. The molecule has 2 N–H and O–H groups in total. The fourth-order valence-electron chi connectivity index (χ4n) is 0.300. The van der Waals surface area contributed by atoms with E-state index in [0.717, 1.165) is 6.20 Å². The normalized spacial score (nSPS) is 12.9. The molecule has 0 saturated carbocycles. The molecule has 0 aromatic carbocycles. The van der Waals surface area contributed by atoms with Crippen molar-refractivity contribution in [2.45, 2.75) is 0 Å². The molecule has 3 nitrogen and oxygen atoms in total. The van der Waals surface area contributed by atoms with Gasteiger partial charge in [0.15, 0.2) is 0 Å².